The summed E-state index contributed by atoms with van der Waals surface area (Å²) in [4.78, 5) is 17.3. The Hall–Kier alpha value is -2.60. The monoisotopic (exact) mass is 393 g/mol. The standard InChI is InChI=1S/C22H23N3O2S/c1-16-13-18(25-27-16)14-28-21-19(9-5-12-23-21)20(26)24-15-22(10-6-11-22)17-7-3-2-4-8-17/h2-5,7-9,12-13H,6,10-11,14-15H2,1H3,(H,24,26). The molecule has 3 aromatic rings. The molecule has 1 N–H and O–H groups in total. The molecule has 0 saturated heterocycles. The van der Waals surface area contributed by atoms with Crippen LogP contribution in [0.4, 0.5) is 0 Å². The summed E-state index contributed by atoms with van der Waals surface area (Å²) in [6.45, 7) is 2.52. The second-order valence-electron chi connectivity index (χ2n) is 7.26. The molecule has 144 valence electrons. The van der Waals surface area contributed by atoms with Crippen molar-refractivity contribution in [3.05, 3.63) is 77.3 Å². The van der Waals surface area contributed by atoms with Crippen molar-refractivity contribution in [2.75, 3.05) is 6.54 Å². The van der Waals surface area contributed by atoms with Crippen molar-refractivity contribution in [2.24, 2.45) is 0 Å². The summed E-state index contributed by atoms with van der Waals surface area (Å²) >= 11 is 1.50. The molecule has 5 nitrogen and oxygen atoms in total. The molecule has 2 aromatic heterocycles. The maximum Gasteiger partial charge on any atom is 0.254 e. The normalized spacial score (nSPS) is 15.0. The Morgan fingerprint density at radius 1 is 1.21 bits per heavy atom. The molecule has 1 aliphatic rings. The summed E-state index contributed by atoms with van der Waals surface area (Å²) in [5.41, 5.74) is 2.82. The molecule has 2 heterocycles. The Morgan fingerprint density at radius 2 is 2.04 bits per heavy atom. The average molecular weight is 394 g/mol. The largest absolute Gasteiger partial charge is 0.361 e. The summed E-state index contributed by atoms with van der Waals surface area (Å²) in [5, 5.41) is 7.87. The first kappa shape index (κ1) is 18.7. The first-order chi connectivity index (χ1) is 13.7. The van der Waals surface area contributed by atoms with Crippen LogP contribution in [0.2, 0.25) is 0 Å². The number of rotatable bonds is 7. The number of aromatic nitrogens is 2. The Balaban J connectivity index is 1.43. The molecule has 0 unspecified atom stereocenters. The van der Waals surface area contributed by atoms with Crippen LogP contribution in [0.25, 0.3) is 0 Å². The van der Waals surface area contributed by atoms with E-state index in [2.05, 4.69) is 39.7 Å². The van der Waals surface area contributed by atoms with Crippen LogP contribution in [0.3, 0.4) is 0 Å². The molecule has 0 aliphatic heterocycles. The Kier molecular flexibility index (Phi) is 5.48. The van der Waals surface area contributed by atoms with Gasteiger partial charge >= 0.3 is 0 Å². The van der Waals surface area contributed by atoms with Gasteiger partial charge in [0.1, 0.15) is 10.8 Å². The van der Waals surface area contributed by atoms with Gasteiger partial charge in [-0.3, -0.25) is 4.79 Å². The summed E-state index contributed by atoms with van der Waals surface area (Å²) < 4.78 is 5.10. The van der Waals surface area contributed by atoms with Crippen LogP contribution < -0.4 is 5.32 Å². The number of amides is 1. The summed E-state index contributed by atoms with van der Waals surface area (Å²) in [6.07, 6.45) is 5.13. The number of benzene rings is 1. The van der Waals surface area contributed by atoms with Crippen LogP contribution in [-0.2, 0) is 11.2 Å². The van der Waals surface area contributed by atoms with E-state index >= 15 is 0 Å². The van der Waals surface area contributed by atoms with Gasteiger partial charge in [-0.05, 0) is 37.5 Å². The van der Waals surface area contributed by atoms with E-state index in [0.29, 0.717) is 22.9 Å². The van der Waals surface area contributed by atoms with Gasteiger partial charge in [-0.25, -0.2) is 4.98 Å². The molecule has 28 heavy (non-hydrogen) atoms. The molecular weight excluding hydrogens is 370 g/mol. The fourth-order valence-electron chi connectivity index (χ4n) is 3.61. The first-order valence-electron chi connectivity index (χ1n) is 9.50. The number of carbonyl (C=O) groups excluding carboxylic acids is 1. The lowest BCUT2D eigenvalue weighted by molar-refractivity contribution is 0.0924. The molecule has 1 aromatic carbocycles. The van der Waals surface area contributed by atoms with Crippen molar-refractivity contribution in [2.45, 2.75) is 42.4 Å². The van der Waals surface area contributed by atoms with Crippen LogP contribution in [0.1, 0.15) is 46.6 Å². The topological polar surface area (TPSA) is 68.0 Å². The van der Waals surface area contributed by atoms with Gasteiger partial charge < -0.3 is 9.84 Å². The molecule has 0 radical (unpaired) electrons. The van der Waals surface area contributed by atoms with Gasteiger partial charge in [-0.15, -0.1) is 0 Å². The predicted molar refractivity (Wildman–Crippen MR) is 109 cm³/mol. The van der Waals surface area contributed by atoms with E-state index < -0.39 is 0 Å². The number of nitrogens with one attached hydrogen (secondary N) is 1. The molecule has 0 spiro atoms. The van der Waals surface area contributed by atoms with Crippen molar-refractivity contribution >= 4 is 17.7 Å². The quantitative estimate of drug-likeness (QED) is 0.598. The SMILES string of the molecule is Cc1cc(CSc2ncccc2C(=O)NCC2(c3ccccc3)CCC2)no1. The zero-order valence-electron chi connectivity index (χ0n) is 15.9. The third kappa shape index (κ3) is 3.97. The van der Waals surface area contributed by atoms with Gasteiger partial charge in [-0.2, -0.15) is 0 Å². The van der Waals surface area contributed by atoms with Crippen LogP contribution in [0, 0.1) is 6.92 Å². The van der Waals surface area contributed by atoms with Gasteiger partial charge in [0, 0.05) is 30.0 Å². The van der Waals surface area contributed by atoms with E-state index in [4.69, 9.17) is 4.52 Å². The van der Waals surface area contributed by atoms with Gasteiger partial charge in [0.2, 0.25) is 0 Å². The molecule has 0 atom stereocenters. The molecule has 0 bridgehead atoms. The molecule has 4 rings (SSSR count). The lowest BCUT2D eigenvalue weighted by Gasteiger charge is -2.42. The van der Waals surface area contributed by atoms with E-state index in [0.717, 1.165) is 24.3 Å². The van der Waals surface area contributed by atoms with Crippen molar-refractivity contribution < 1.29 is 9.32 Å². The predicted octanol–water partition coefficient (Wildman–Crippen LogP) is 4.52. The highest BCUT2D eigenvalue weighted by Gasteiger charge is 2.38. The molecular formula is C22H23N3O2S. The number of nitrogens with zero attached hydrogens (tertiary/aromatic N) is 2. The molecule has 1 fully saturated rings. The fraction of sp³-hybridized carbons (Fsp3) is 0.318. The van der Waals surface area contributed by atoms with Gasteiger partial charge in [-0.1, -0.05) is 53.7 Å². The van der Waals surface area contributed by atoms with Crippen LogP contribution in [-0.4, -0.2) is 22.6 Å². The molecule has 1 amide bonds. The van der Waals surface area contributed by atoms with Gasteiger partial charge in [0.15, 0.2) is 0 Å². The maximum absolute atomic E-state index is 12.9. The third-order valence-corrected chi connectivity index (χ3v) is 6.37. The van der Waals surface area contributed by atoms with Crippen molar-refractivity contribution in [1.82, 2.24) is 15.5 Å². The highest BCUT2D eigenvalue weighted by Crippen LogP contribution is 2.43. The number of hydrogen-bond donors (Lipinski definition) is 1. The smallest absolute Gasteiger partial charge is 0.254 e. The highest BCUT2D eigenvalue weighted by atomic mass is 32.2. The fourth-order valence-corrected chi connectivity index (χ4v) is 4.49. The lowest BCUT2D eigenvalue weighted by atomic mass is 9.64. The van der Waals surface area contributed by atoms with E-state index in [1.807, 2.05) is 25.1 Å². The Labute approximate surface area is 168 Å². The number of hydrogen-bond acceptors (Lipinski definition) is 5. The summed E-state index contributed by atoms with van der Waals surface area (Å²) in [7, 11) is 0. The number of carbonyl (C=O) groups is 1. The minimum atomic E-state index is -0.0749. The first-order valence-corrected chi connectivity index (χ1v) is 10.5. The Morgan fingerprint density at radius 3 is 2.71 bits per heavy atom. The molecule has 6 heteroatoms. The highest BCUT2D eigenvalue weighted by molar-refractivity contribution is 7.98. The van der Waals surface area contributed by atoms with Crippen molar-refractivity contribution in [1.29, 1.82) is 0 Å². The number of aryl methyl sites for hydroxylation is 1. The lowest BCUT2D eigenvalue weighted by Crippen LogP contribution is -2.45. The zero-order valence-corrected chi connectivity index (χ0v) is 16.7. The zero-order chi connectivity index (χ0) is 19.4. The van der Waals surface area contributed by atoms with Gasteiger partial charge in [0.05, 0.1) is 11.3 Å². The van der Waals surface area contributed by atoms with Crippen molar-refractivity contribution in [3.8, 4) is 0 Å². The minimum Gasteiger partial charge on any atom is -0.361 e. The molecule has 1 saturated carbocycles. The van der Waals surface area contributed by atoms with Gasteiger partial charge in [0.25, 0.3) is 5.91 Å². The average Bonchev–Trinajstić information content (AvgIpc) is 3.12. The summed E-state index contributed by atoms with van der Waals surface area (Å²) in [5.74, 6) is 1.32. The number of thioether (sulfide) groups is 1. The van der Waals surface area contributed by atoms with E-state index in [9.17, 15) is 4.79 Å². The Bertz CT molecular complexity index is 951. The third-order valence-electron chi connectivity index (χ3n) is 5.33. The van der Waals surface area contributed by atoms with E-state index in [1.54, 1.807) is 12.3 Å². The minimum absolute atomic E-state index is 0.0602. The van der Waals surface area contributed by atoms with E-state index in [1.165, 1.54) is 23.7 Å². The second-order valence-corrected chi connectivity index (χ2v) is 8.22. The van der Waals surface area contributed by atoms with Crippen LogP contribution in [0.5, 0.6) is 0 Å². The number of pyridine rings is 1. The van der Waals surface area contributed by atoms with E-state index in [-0.39, 0.29) is 11.3 Å². The molecule has 1 aliphatic carbocycles. The van der Waals surface area contributed by atoms with Crippen LogP contribution in [0.15, 0.2) is 64.3 Å². The van der Waals surface area contributed by atoms with Crippen molar-refractivity contribution in [3.63, 3.8) is 0 Å². The maximum atomic E-state index is 12.9. The second kappa shape index (κ2) is 8.19. The van der Waals surface area contributed by atoms with Crippen LogP contribution >= 0.6 is 11.8 Å². The summed E-state index contributed by atoms with van der Waals surface area (Å²) in [6, 6.07) is 16.0.